The van der Waals surface area contributed by atoms with Crippen molar-refractivity contribution in [3.8, 4) is 0 Å². The lowest BCUT2D eigenvalue weighted by molar-refractivity contribution is 0.102. The molecule has 1 fully saturated rings. The minimum absolute atomic E-state index is 0.235. The molecule has 1 aromatic rings. The van der Waals surface area contributed by atoms with E-state index in [1.807, 2.05) is 30.3 Å². The molecule has 0 N–H and O–H groups in total. The Hall–Kier alpha value is -1.37. The van der Waals surface area contributed by atoms with Crippen molar-refractivity contribution in [3.63, 3.8) is 0 Å². The van der Waals surface area contributed by atoms with Gasteiger partial charge in [0.05, 0.1) is 0 Å². The van der Waals surface area contributed by atoms with Crippen LogP contribution in [0.4, 0.5) is 0 Å². The van der Waals surface area contributed by atoms with E-state index in [1.54, 1.807) is 0 Å². The molecule has 0 unspecified atom stereocenters. The maximum Gasteiger partial charge on any atom is 0.188 e. The van der Waals surface area contributed by atoms with Crippen LogP contribution in [0.15, 0.2) is 42.0 Å². The molecule has 0 saturated heterocycles. The molecule has 1 aliphatic carbocycles. The number of hydrogen-bond donors (Lipinski definition) is 0. The van der Waals surface area contributed by atoms with Gasteiger partial charge in [0.25, 0.3) is 0 Å². The maximum absolute atomic E-state index is 12.4. The van der Waals surface area contributed by atoms with Gasteiger partial charge in [0.15, 0.2) is 5.78 Å². The van der Waals surface area contributed by atoms with Gasteiger partial charge in [-0.05, 0) is 37.2 Å². The third-order valence-electron chi connectivity index (χ3n) is 3.44. The zero-order chi connectivity index (χ0) is 12.8. The van der Waals surface area contributed by atoms with Crippen molar-refractivity contribution >= 4 is 5.78 Å². The number of carbonyl (C=O) groups excluding carboxylic acids is 1. The lowest BCUT2D eigenvalue weighted by atomic mass is 9.97. The molecule has 0 spiro atoms. The average molecular weight is 242 g/mol. The van der Waals surface area contributed by atoms with Crippen LogP contribution < -0.4 is 0 Å². The predicted octanol–water partition coefficient (Wildman–Crippen LogP) is 4.79. The topological polar surface area (TPSA) is 17.1 Å². The molecule has 0 radical (unpaired) electrons. The molecule has 1 heteroatoms. The van der Waals surface area contributed by atoms with Crippen LogP contribution in [0.2, 0.25) is 0 Å². The molecular weight excluding hydrogens is 220 g/mol. The summed E-state index contributed by atoms with van der Waals surface area (Å²) >= 11 is 0. The fourth-order valence-electron chi connectivity index (χ4n) is 2.16. The van der Waals surface area contributed by atoms with E-state index in [0.29, 0.717) is 5.92 Å². The maximum atomic E-state index is 12.4. The van der Waals surface area contributed by atoms with E-state index < -0.39 is 0 Å². The van der Waals surface area contributed by atoms with Crippen LogP contribution in [-0.4, -0.2) is 5.78 Å². The van der Waals surface area contributed by atoms with Gasteiger partial charge in [-0.15, -0.1) is 0 Å². The molecule has 1 nitrogen and oxygen atoms in total. The van der Waals surface area contributed by atoms with Gasteiger partial charge in [-0.3, -0.25) is 4.79 Å². The van der Waals surface area contributed by atoms with E-state index >= 15 is 0 Å². The molecule has 0 bridgehead atoms. The first-order valence-electron chi connectivity index (χ1n) is 7.11. The fourth-order valence-corrected chi connectivity index (χ4v) is 2.16. The standard InChI is InChI=1S/C17H22O/c1-2-3-5-10-16(13-14-11-12-14)17(18)15-8-6-4-7-9-15/h4,6-9,13-14H,2-3,5,10-12H2,1H3/b16-13+. The summed E-state index contributed by atoms with van der Waals surface area (Å²) in [5, 5.41) is 0. The van der Waals surface area contributed by atoms with E-state index in [9.17, 15) is 4.79 Å². The number of ketones is 1. The normalized spacial score (nSPS) is 15.7. The second-order valence-corrected chi connectivity index (χ2v) is 5.18. The molecule has 2 rings (SSSR count). The zero-order valence-electron chi connectivity index (χ0n) is 11.2. The summed E-state index contributed by atoms with van der Waals surface area (Å²) in [7, 11) is 0. The fraction of sp³-hybridized carbons (Fsp3) is 0.471. The van der Waals surface area contributed by atoms with Gasteiger partial charge in [0.2, 0.25) is 0 Å². The van der Waals surface area contributed by atoms with Crippen LogP contribution in [0.3, 0.4) is 0 Å². The van der Waals surface area contributed by atoms with E-state index in [0.717, 1.165) is 24.0 Å². The Bertz CT molecular complexity index is 412. The number of benzene rings is 1. The molecule has 0 atom stereocenters. The van der Waals surface area contributed by atoms with Crippen molar-refractivity contribution in [1.29, 1.82) is 0 Å². The van der Waals surface area contributed by atoms with Crippen molar-refractivity contribution < 1.29 is 4.79 Å². The number of unbranched alkanes of at least 4 members (excludes halogenated alkanes) is 2. The molecule has 1 aromatic carbocycles. The van der Waals surface area contributed by atoms with Gasteiger partial charge in [0, 0.05) is 5.56 Å². The average Bonchev–Trinajstić information content (AvgIpc) is 3.22. The number of hydrogen-bond acceptors (Lipinski definition) is 1. The summed E-state index contributed by atoms with van der Waals surface area (Å²) in [5.41, 5.74) is 1.87. The molecule has 18 heavy (non-hydrogen) atoms. The van der Waals surface area contributed by atoms with Gasteiger partial charge in [-0.2, -0.15) is 0 Å². The zero-order valence-corrected chi connectivity index (χ0v) is 11.2. The molecule has 0 amide bonds. The first-order chi connectivity index (χ1) is 8.81. The van der Waals surface area contributed by atoms with Crippen LogP contribution in [0.25, 0.3) is 0 Å². The summed E-state index contributed by atoms with van der Waals surface area (Å²) in [4.78, 5) is 12.4. The summed E-state index contributed by atoms with van der Waals surface area (Å²) in [5.74, 6) is 0.910. The van der Waals surface area contributed by atoms with Crippen LogP contribution in [0.5, 0.6) is 0 Å². The lowest BCUT2D eigenvalue weighted by Gasteiger charge is -2.06. The first kappa shape index (κ1) is 13.1. The van der Waals surface area contributed by atoms with Gasteiger partial charge in [-0.25, -0.2) is 0 Å². The molecule has 0 heterocycles. The highest BCUT2D eigenvalue weighted by Crippen LogP contribution is 2.33. The van der Waals surface area contributed by atoms with Crippen LogP contribution in [0.1, 0.15) is 55.8 Å². The monoisotopic (exact) mass is 242 g/mol. The van der Waals surface area contributed by atoms with Crippen molar-refractivity contribution in [2.24, 2.45) is 5.92 Å². The van der Waals surface area contributed by atoms with Crippen LogP contribution in [0, 0.1) is 5.92 Å². The van der Waals surface area contributed by atoms with Gasteiger partial charge < -0.3 is 0 Å². The number of carbonyl (C=O) groups is 1. The minimum atomic E-state index is 0.235. The van der Waals surface area contributed by atoms with E-state index in [-0.39, 0.29) is 5.78 Å². The van der Waals surface area contributed by atoms with E-state index in [1.165, 1.54) is 25.7 Å². The summed E-state index contributed by atoms with van der Waals surface area (Å²) in [6.07, 6.45) is 9.25. The van der Waals surface area contributed by atoms with Crippen molar-refractivity contribution in [1.82, 2.24) is 0 Å². The first-order valence-corrected chi connectivity index (χ1v) is 7.11. The van der Waals surface area contributed by atoms with Gasteiger partial charge in [-0.1, -0.05) is 56.2 Å². The largest absolute Gasteiger partial charge is 0.289 e. The predicted molar refractivity (Wildman–Crippen MR) is 75.7 cm³/mol. The molecular formula is C17H22O. The highest BCUT2D eigenvalue weighted by molar-refractivity contribution is 6.08. The van der Waals surface area contributed by atoms with Gasteiger partial charge in [0.1, 0.15) is 0 Å². The minimum Gasteiger partial charge on any atom is -0.289 e. The molecule has 0 aromatic heterocycles. The third kappa shape index (κ3) is 3.83. The molecule has 96 valence electrons. The SMILES string of the molecule is CCCCC/C(=C\C1CC1)C(=O)c1ccccc1. The Kier molecular flexibility index (Phi) is 4.74. The Morgan fingerprint density at radius 1 is 1.22 bits per heavy atom. The van der Waals surface area contributed by atoms with Crippen LogP contribution >= 0.6 is 0 Å². The molecule has 0 aliphatic heterocycles. The van der Waals surface area contributed by atoms with Crippen LogP contribution in [-0.2, 0) is 0 Å². The molecule has 1 aliphatic rings. The summed E-state index contributed by atoms with van der Waals surface area (Å²) in [6.45, 7) is 2.20. The summed E-state index contributed by atoms with van der Waals surface area (Å²) in [6, 6.07) is 9.67. The second-order valence-electron chi connectivity index (χ2n) is 5.18. The van der Waals surface area contributed by atoms with Crippen molar-refractivity contribution in [2.45, 2.75) is 45.4 Å². The highest BCUT2D eigenvalue weighted by atomic mass is 16.1. The molecule has 1 saturated carbocycles. The summed E-state index contributed by atoms with van der Waals surface area (Å²) < 4.78 is 0. The second kappa shape index (κ2) is 6.53. The number of rotatable bonds is 7. The van der Waals surface area contributed by atoms with E-state index in [2.05, 4.69) is 13.0 Å². The Morgan fingerprint density at radius 3 is 2.56 bits per heavy atom. The van der Waals surface area contributed by atoms with E-state index in [4.69, 9.17) is 0 Å². The van der Waals surface area contributed by atoms with Crippen molar-refractivity contribution in [3.05, 3.63) is 47.5 Å². The number of allylic oxidation sites excluding steroid dienone is 2. The quantitative estimate of drug-likeness (QED) is 0.382. The Labute approximate surface area is 110 Å². The lowest BCUT2D eigenvalue weighted by Crippen LogP contribution is -2.04. The van der Waals surface area contributed by atoms with Crippen molar-refractivity contribution in [2.75, 3.05) is 0 Å². The third-order valence-corrected chi connectivity index (χ3v) is 3.44. The highest BCUT2D eigenvalue weighted by Gasteiger charge is 2.21. The van der Waals surface area contributed by atoms with Gasteiger partial charge >= 0.3 is 0 Å². The Balaban J connectivity index is 2.06. The Morgan fingerprint density at radius 2 is 1.94 bits per heavy atom. The smallest absolute Gasteiger partial charge is 0.188 e. The number of Topliss-reactive ketones (excluding diaryl/α,β-unsaturated/α-hetero) is 1.